The van der Waals surface area contributed by atoms with Gasteiger partial charge in [0.25, 0.3) is 0 Å². The summed E-state index contributed by atoms with van der Waals surface area (Å²) in [5.74, 6) is 2.72. The van der Waals surface area contributed by atoms with Crippen LogP contribution in [0.3, 0.4) is 0 Å². The van der Waals surface area contributed by atoms with E-state index in [9.17, 15) is 0 Å². The maximum absolute atomic E-state index is 5.52. The molecule has 0 spiro atoms. The lowest BCUT2D eigenvalue weighted by molar-refractivity contribution is 0.500. The summed E-state index contributed by atoms with van der Waals surface area (Å²) in [6.07, 6.45) is 1.57. The number of rotatable bonds is 3. The average molecular weight is 231 g/mol. The van der Waals surface area contributed by atoms with Gasteiger partial charge in [0.1, 0.15) is 23.7 Å². The lowest BCUT2D eigenvalue weighted by Gasteiger charge is -2.13. The molecule has 4 heteroatoms. The van der Waals surface area contributed by atoms with Crippen LogP contribution in [0.1, 0.15) is 35.7 Å². The molecule has 4 nitrogen and oxygen atoms in total. The van der Waals surface area contributed by atoms with Crippen LogP contribution in [-0.2, 0) is 0 Å². The minimum absolute atomic E-state index is 0.168. The van der Waals surface area contributed by atoms with E-state index in [0.29, 0.717) is 0 Å². The van der Waals surface area contributed by atoms with Gasteiger partial charge in [0.15, 0.2) is 0 Å². The molecule has 0 saturated carbocycles. The highest BCUT2D eigenvalue weighted by Gasteiger charge is 2.12. The fourth-order valence-corrected chi connectivity index (χ4v) is 1.91. The number of aryl methyl sites for hydroxylation is 3. The van der Waals surface area contributed by atoms with Gasteiger partial charge in [-0.15, -0.1) is 0 Å². The molecule has 0 fully saturated rings. The normalized spacial score (nSPS) is 12.5. The predicted octanol–water partition coefficient (Wildman–Crippen LogP) is 3.17. The molecule has 0 aliphatic carbocycles. The van der Waals surface area contributed by atoms with Gasteiger partial charge in [-0.05, 0) is 33.8 Å². The Morgan fingerprint density at radius 2 is 1.94 bits per heavy atom. The van der Waals surface area contributed by atoms with E-state index in [4.69, 9.17) is 4.42 Å². The van der Waals surface area contributed by atoms with Crippen molar-refractivity contribution in [1.29, 1.82) is 0 Å². The van der Waals surface area contributed by atoms with Crippen molar-refractivity contribution in [2.45, 2.75) is 33.7 Å². The zero-order valence-electron chi connectivity index (χ0n) is 10.6. The summed E-state index contributed by atoms with van der Waals surface area (Å²) in [6, 6.07) is 4.15. The molecule has 0 bridgehead atoms. The van der Waals surface area contributed by atoms with Crippen molar-refractivity contribution in [3.8, 4) is 0 Å². The highest BCUT2D eigenvalue weighted by Crippen LogP contribution is 2.24. The highest BCUT2D eigenvalue weighted by molar-refractivity contribution is 5.39. The summed E-state index contributed by atoms with van der Waals surface area (Å²) < 4.78 is 5.52. The van der Waals surface area contributed by atoms with Gasteiger partial charge in [-0.3, -0.25) is 0 Å². The molecule has 90 valence electrons. The summed E-state index contributed by atoms with van der Waals surface area (Å²) in [6.45, 7) is 7.98. The third-order valence-electron chi connectivity index (χ3n) is 2.71. The first-order valence-corrected chi connectivity index (χ1v) is 5.68. The summed E-state index contributed by atoms with van der Waals surface area (Å²) in [4.78, 5) is 8.26. The molecular formula is C13H17N3O. The minimum Gasteiger partial charge on any atom is -0.466 e. The highest BCUT2D eigenvalue weighted by atomic mass is 16.3. The van der Waals surface area contributed by atoms with Crippen LogP contribution < -0.4 is 5.32 Å². The van der Waals surface area contributed by atoms with Crippen molar-refractivity contribution in [3.63, 3.8) is 0 Å². The summed E-state index contributed by atoms with van der Waals surface area (Å²) in [5.41, 5.74) is 2.12. The molecule has 0 aliphatic heterocycles. The molecule has 0 amide bonds. The number of hydrogen-bond donors (Lipinski definition) is 1. The van der Waals surface area contributed by atoms with E-state index in [1.54, 1.807) is 6.33 Å². The van der Waals surface area contributed by atoms with Gasteiger partial charge in [0, 0.05) is 17.3 Å². The number of furan rings is 1. The molecule has 17 heavy (non-hydrogen) atoms. The van der Waals surface area contributed by atoms with Gasteiger partial charge in [-0.25, -0.2) is 9.97 Å². The second-order valence-corrected chi connectivity index (χ2v) is 4.28. The van der Waals surface area contributed by atoms with Crippen molar-refractivity contribution in [2.75, 3.05) is 5.32 Å². The van der Waals surface area contributed by atoms with Gasteiger partial charge in [-0.1, -0.05) is 0 Å². The standard InChI is InChI=1S/C13H17N3O/c1-8-5-13(15-7-14-8)16-10(3)12-6-9(2)17-11(12)4/h5-7,10H,1-4H3,(H,14,15,16). The molecule has 0 radical (unpaired) electrons. The maximum atomic E-state index is 5.52. The van der Waals surface area contributed by atoms with E-state index in [1.807, 2.05) is 26.8 Å². The molecule has 0 saturated heterocycles. The Hall–Kier alpha value is -1.84. The molecule has 0 aliphatic rings. The Bertz CT molecular complexity index is 519. The molecule has 1 atom stereocenters. The van der Waals surface area contributed by atoms with Crippen LogP contribution in [0.25, 0.3) is 0 Å². The molecule has 2 aromatic rings. The van der Waals surface area contributed by atoms with Crippen LogP contribution >= 0.6 is 0 Å². The van der Waals surface area contributed by atoms with Gasteiger partial charge in [0.05, 0.1) is 6.04 Å². The van der Waals surface area contributed by atoms with E-state index < -0.39 is 0 Å². The monoisotopic (exact) mass is 231 g/mol. The van der Waals surface area contributed by atoms with Gasteiger partial charge < -0.3 is 9.73 Å². The Morgan fingerprint density at radius 1 is 1.18 bits per heavy atom. The number of nitrogens with zero attached hydrogens (tertiary/aromatic N) is 2. The maximum Gasteiger partial charge on any atom is 0.130 e. The molecule has 2 rings (SSSR count). The summed E-state index contributed by atoms with van der Waals surface area (Å²) in [5, 5.41) is 3.34. The van der Waals surface area contributed by atoms with Crippen LogP contribution in [0.2, 0.25) is 0 Å². The Balaban J connectivity index is 2.16. The molecule has 1 unspecified atom stereocenters. The van der Waals surface area contributed by atoms with Crippen LogP contribution in [0.5, 0.6) is 0 Å². The van der Waals surface area contributed by atoms with Crippen molar-refractivity contribution in [1.82, 2.24) is 9.97 Å². The average Bonchev–Trinajstić information content (AvgIpc) is 2.58. The fourth-order valence-electron chi connectivity index (χ4n) is 1.91. The Morgan fingerprint density at radius 3 is 2.53 bits per heavy atom. The smallest absolute Gasteiger partial charge is 0.130 e. The Kier molecular flexibility index (Phi) is 3.13. The quantitative estimate of drug-likeness (QED) is 0.881. The number of hydrogen-bond acceptors (Lipinski definition) is 4. The SMILES string of the molecule is Cc1cc(NC(C)c2cc(C)oc2C)ncn1. The second-order valence-electron chi connectivity index (χ2n) is 4.28. The van der Waals surface area contributed by atoms with E-state index in [2.05, 4.69) is 28.3 Å². The largest absolute Gasteiger partial charge is 0.466 e. The van der Waals surface area contributed by atoms with E-state index >= 15 is 0 Å². The van der Waals surface area contributed by atoms with Crippen molar-refractivity contribution in [3.05, 3.63) is 41.2 Å². The number of anilines is 1. The van der Waals surface area contributed by atoms with Gasteiger partial charge in [0.2, 0.25) is 0 Å². The van der Waals surface area contributed by atoms with E-state index in [0.717, 1.165) is 23.0 Å². The van der Waals surface area contributed by atoms with E-state index in [1.165, 1.54) is 5.56 Å². The van der Waals surface area contributed by atoms with Crippen LogP contribution in [0.4, 0.5) is 5.82 Å². The fraction of sp³-hybridized carbons (Fsp3) is 0.385. The molecule has 1 N–H and O–H groups in total. The topological polar surface area (TPSA) is 51.0 Å². The van der Waals surface area contributed by atoms with Gasteiger partial charge in [-0.2, -0.15) is 0 Å². The molecule has 2 aromatic heterocycles. The van der Waals surface area contributed by atoms with Crippen LogP contribution in [0, 0.1) is 20.8 Å². The third kappa shape index (κ3) is 2.64. The van der Waals surface area contributed by atoms with E-state index in [-0.39, 0.29) is 6.04 Å². The zero-order valence-corrected chi connectivity index (χ0v) is 10.6. The summed E-state index contributed by atoms with van der Waals surface area (Å²) in [7, 11) is 0. The lowest BCUT2D eigenvalue weighted by Crippen LogP contribution is -2.08. The first-order chi connectivity index (χ1) is 8.06. The third-order valence-corrected chi connectivity index (χ3v) is 2.71. The van der Waals surface area contributed by atoms with Crippen molar-refractivity contribution >= 4 is 5.82 Å². The molecule has 2 heterocycles. The number of aromatic nitrogens is 2. The molecule has 0 aromatic carbocycles. The second kappa shape index (κ2) is 4.57. The lowest BCUT2D eigenvalue weighted by atomic mass is 10.1. The minimum atomic E-state index is 0.168. The van der Waals surface area contributed by atoms with Crippen LogP contribution in [-0.4, -0.2) is 9.97 Å². The zero-order chi connectivity index (χ0) is 12.4. The van der Waals surface area contributed by atoms with Gasteiger partial charge >= 0.3 is 0 Å². The number of nitrogens with one attached hydrogen (secondary N) is 1. The molecular weight excluding hydrogens is 214 g/mol. The van der Waals surface area contributed by atoms with Crippen molar-refractivity contribution < 1.29 is 4.42 Å². The predicted molar refractivity (Wildman–Crippen MR) is 67.0 cm³/mol. The first-order valence-electron chi connectivity index (χ1n) is 5.68. The first kappa shape index (κ1) is 11.6. The summed E-state index contributed by atoms with van der Waals surface area (Å²) >= 11 is 0. The van der Waals surface area contributed by atoms with Crippen molar-refractivity contribution in [2.24, 2.45) is 0 Å². The Labute approximate surface area is 101 Å². The van der Waals surface area contributed by atoms with Crippen LogP contribution in [0.15, 0.2) is 22.9 Å².